The number of nitrogens with one attached hydrogen (secondary N) is 1. The van der Waals surface area contributed by atoms with E-state index in [0.717, 1.165) is 31.0 Å². The molecule has 0 amide bonds. The Balaban J connectivity index is 1.99. The van der Waals surface area contributed by atoms with E-state index in [1.54, 1.807) is 6.20 Å². The largest absolute Gasteiger partial charge is 0.324 e. The van der Waals surface area contributed by atoms with Gasteiger partial charge in [-0.3, -0.25) is 15.7 Å². The molecule has 2 heterocycles. The van der Waals surface area contributed by atoms with E-state index < -0.39 is 0 Å². The molecule has 0 spiro atoms. The van der Waals surface area contributed by atoms with Crippen LogP contribution in [0.4, 0.5) is 5.69 Å². The number of hydrogen-bond acceptors (Lipinski definition) is 4. The number of hydrogen-bond donors (Lipinski definition) is 2. The number of rotatable bonds is 3. The van der Waals surface area contributed by atoms with Crippen LogP contribution in [-0.2, 0) is 6.54 Å². The molecule has 4 heteroatoms. The Kier molecular flexibility index (Phi) is 3.12. The minimum absolute atomic E-state index is 0.448. The van der Waals surface area contributed by atoms with Gasteiger partial charge in [-0.05, 0) is 30.5 Å². The van der Waals surface area contributed by atoms with E-state index in [0.29, 0.717) is 5.41 Å². The highest BCUT2D eigenvalue weighted by Gasteiger charge is 2.28. The zero-order chi connectivity index (χ0) is 11.6. The monoisotopic (exact) mass is 220 g/mol. The van der Waals surface area contributed by atoms with Gasteiger partial charge in [0, 0.05) is 19.3 Å². The van der Waals surface area contributed by atoms with Gasteiger partial charge in [0.05, 0.1) is 11.4 Å². The first-order valence-electron chi connectivity index (χ1n) is 5.73. The van der Waals surface area contributed by atoms with Crippen LogP contribution < -0.4 is 11.3 Å². The van der Waals surface area contributed by atoms with Crippen LogP contribution in [0.25, 0.3) is 0 Å². The maximum Gasteiger partial charge on any atom is 0.0564 e. The van der Waals surface area contributed by atoms with Crippen molar-refractivity contribution < 1.29 is 0 Å². The van der Waals surface area contributed by atoms with Crippen molar-refractivity contribution in [1.29, 1.82) is 0 Å². The zero-order valence-corrected chi connectivity index (χ0v) is 10.0. The summed E-state index contributed by atoms with van der Waals surface area (Å²) in [5, 5.41) is 0. The molecule has 0 radical (unpaired) electrons. The number of anilines is 1. The van der Waals surface area contributed by atoms with Crippen molar-refractivity contribution in [3.05, 3.63) is 24.0 Å². The lowest BCUT2D eigenvalue weighted by Crippen LogP contribution is -2.23. The molecule has 1 aliphatic heterocycles. The van der Waals surface area contributed by atoms with Gasteiger partial charge in [0.2, 0.25) is 0 Å². The molecule has 1 aliphatic rings. The highest BCUT2D eigenvalue weighted by Crippen LogP contribution is 2.29. The molecule has 0 bridgehead atoms. The fraction of sp³-hybridized carbons (Fsp3) is 0.583. The molecule has 1 saturated heterocycles. The third kappa shape index (κ3) is 2.71. The summed E-state index contributed by atoms with van der Waals surface area (Å²) >= 11 is 0. The topological polar surface area (TPSA) is 54.2 Å². The van der Waals surface area contributed by atoms with Crippen molar-refractivity contribution in [2.45, 2.75) is 26.8 Å². The molecule has 0 aromatic carbocycles. The van der Waals surface area contributed by atoms with Crippen molar-refractivity contribution in [2.75, 3.05) is 18.5 Å². The number of likely N-dealkylation sites (tertiary alicyclic amines) is 1. The average Bonchev–Trinajstić information content (AvgIpc) is 2.58. The highest BCUT2D eigenvalue weighted by molar-refractivity contribution is 5.41. The van der Waals surface area contributed by atoms with Crippen LogP contribution in [0.2, 0.25) is 0 Å². The minimum Gasteiger partial charge on any atom is -0.324 e. The second-order valence-corrected chi connectivity index (χ2v) is 5.31. The Morgan fingerprint density at radius 2 is 2.38 bits per heavy atom. The first-order chi connectivity index (χ1) is 7.59. The van der Waals surface area contributed by atoms with Gasteiger partial charge in [-0.1, -0.05) is 13.8 Å². The van der Waals surface area contributed by atoms with Gasteiger partial charge < -0.3 is 5.43 Å². The highest BCUT2D eigenvalue weighted by atomic mass is 15.2. The van der Waals surface area contributed by atoms with E-state index in [9.17, 15) is 0 Å². The van der Waals surface area contributed by atoms with Gasteiger partial charge in [0.15, 0.2) is 0 Å². The molecule has 3 N–H and O–H groups in total. The molecule has 1 fully saturated rings. The van der Waals surface area contributed by atoms with Crippen LogP contribution in [0, 0.1) is 5.41 Å². The van der Waals surface area contributed by atoms with Crippen molar-refractivity contribution in [3.63, 3.8) is 0 Å². The number of nitrogens with two attached hydrogens (primary N) is 1. The molecule has 2 rings (SSSR count). The van der Waals surface area contributed by atoms with E-state index in [-0.39, 0.29) is 0 Å². The van der Waals surface area contributed by atoms with Gasteiger partial charge in [-0.25, -0.2) is 0 Å². The molecule has 0 unspecified atom stereocenters. The summed E-state index contributed by atoms with van der Waals surface area (Å²) in [6.07, 6.45) is 3.06. The number of hydrazine groups is 1. The van der Waals surface area contributed by atoms with Crippen molar-refractivity contribution >= 4 is 5.69 Å². The second-order valence-electron chi connectivity index (χ2n) is 5.31. The maximum absolute atomic E-state index is 5.38. The van der Waals surface area contributed by atoms with Gasteiger partial charge in [0.25, 0.3) is 0 Å². The molecular weight excluding hydrogens is 200 g/mol. The number of aromatic nitrogens is 1. The number of nitrogen functional groups attached to an aromatic ring is 1. The smallest absolute Gasteiger partial charge is 0.0564 e. The summed E-state index contributed by atoms with van der Waals surface area (Å²) in [7, 11) is 0. The summed E-state index contributed by atoms with van der Waals surface area (Å²) < 4.78 is 0. The second kappa shape index (κ2) is 4.39. The first kappa shape index (κ1) is 11.4. The standard InChI is InChI=1S/C12H20N4/c1-12(2)4-6-16(9-12)8-11-7-10(15-13)3-5-14-11/h3,5,7H,4,6,8-9,13H2,1-2H3,(H,14,15). The van der Waals surface area contributed by atoms with Crippen molar-refractivity contribution in [3.8, 4) is 0 Å². The Morgan fingerprint density at radius 1 is 1.56 bits per heavy atom. The fourth-order valence-electron chi connectivity index (χ4n) is 2.24. The minimum atomic E-state index is 0.448. The molecule has 0 saturated carbocycles. The van der Waals surface area contributed by atoms with Gasteiger partial charge in [-0.2, -0.15) is 0 Å². The SMILES string of the molecule is CC1(C)CCN(Cc2cc(NN)ccn2)C1. The van der Waals surface area contributed by atoms with Crippen LogP contribution in [0.3, 0.4) is 0 Å². The molecule has 1 aromatic heterocycles. The number of nitrogens with zero attached hydrogens (tertiary/aromatic N) is 2. The van der Waals surface area contributed by atoms with E-state index in [4.69, 9.17) is 5.84 Å². The number of pyridine rings is 1. The summed E-state index contributed by atoms with van der Waals surface area (Å²) in [4.78, 5) is 6.81. The normalized spacial score (nSPS) is 19.9. The first-order valence-corrected chi connectivity index (χ1v) is 5.73. The summed E-state index contributed by atoms with van der Waals surface area (Å²) in [6, 6.07) is 3.88. The van der Waals surface area contributed by atoms with Gasteiger partial charge >= 0.3 is 0 Å². The van der Waals surface area contributed by atoms with E-state index in [1.165, 1.54) is 6.42 Å². The Bertz CT molecular complexity index is 362. The van der Waals surface area contributed by atoms with Crippen molar-refractivity contribution in [2.24, 2.45) is 11.3 Å². The lowest BCUT2D eigenvalue weighted by Gasteiger charge is -2.19. The predicted molar refractivity (Wildman–Crippen MR) is 65.7 cm³/mol. The fourth-order valence-corrected chi connectivity index (χ4v) is 2.24. The third-order valence-electron chi connectivity index (χ3n) is 3.13. The zero-order valence-electron chi connectivity index (χ0n) is 10.0. The van der Waals surface area contributed by atoms with E-state index >= 15 is 0 Å². The molecular formula is C12H20N4. The summed E-state index contributed by atoms with van der Waals surface area (Å²) in [6.45, 7) is 7.86. The lowest BCUT2D eigenvalue weighted by molar-refractivity contribution is 0.282. The summed E-state index contributed by atoms with van der Waals surface area (Å²) in [5.74, 6) is 5.38. The molecule has 0 aliphatic carbocycles. The molecule has 4 nitrogen and oxygen atoms in total. The van der Waals surface area contributed by atoms with Crippen LogP contribution >= 0.6 is 0 Å². The molecule has 88 valence electrons. The summed E-state index contributed by atoms with van der Waals surface area (Å²) in [5.41, 5.74) is 5.09. The Labute approximate surface area is 96.8 Å². The van der Waals surface area contributed by atoms with Crippen LogP contribution in [-0.4, -0.2) is 23.0 Å². The van der Waals surface area contributed by atoms with Crippen molar-refractivity contribution in [1.82, 2.24) is 9.88 Å². The average molecular weight is 220 g/mol. The Morgan fingerprint density at radius 3 is 3.00 bits per heavy atom. The molecule has 16 heavy (non-hydrogen) atoms. The van der Waals surface area contributed by atoms with E-state index in [1.807, 2.05) is 12.1 Å². The predicted octanol–water partition coefficient (Wildman–Crippen LogP) is 1.60. The Hall–Kier alpha value is -1.13. The molecule has 1 aromatic rings. The molecule has 0 atom stereocenters. The van der Waals surface area contributed by atoms with Gasteiger partial charge in [0.1, 0.15) is 0 Å². The quantitative estimate of drug-likeness (QED) is 0.600. The lowest BCUT2D eigenvalue weighted by atomic mass is 9.93. The van der Waals surface area contributed by atoms with E-state index in [2.05, 4.69) is 29.2 Å². The maximum atomic E-state index is 5.38. The van der Waals surface area contributed by atoms with Crippen LogP contribution in [0.15, 0.2) is 18.3 Å². The third-order valence-corrected chi connectivity index (χ3v) is 3.13. The van der Waals surface area contributed by atoms with Crippen LogP contribution in [0.1, 0.15) is 26.0 Å². The van der Waals surface area contributed by atoms with Crippen LogP contribution in [0.5, 0.6) is 0 Å². The van der Waals surface area contributed by atoms with Gasteiger partial charge in [-0.15, -0.1) is 0 Å².